The first-order valence-electron chi connectivity index (χ1n) is 12.4. The Balaban J connectivity index is 1.56. The molecule has 6 nitrogen and oxygen atoms in total. The molecule has 3 aromatic carbocycles. The molecule has 0 aliphatic carbocycles. The monoisotopic (exact) mass is 614 g/mol. The van der Waals surface area contributed by atoms with Crippen LogP contribution >= 0.6 is 39.1 Å². The van der Waals surface area contributed by atoms with Crippen LogP contribution in [0, 0.1) is 5.41 Å². The Morgan fingerprint density at radius 1 is 1.05 bits per heavy atom. The lowest BCUT2D eigenvalue weighted by Gasteiger charge is -2.47. The minimum absolute atomic E-state index is 0.0880. The highest BCUT2D eigenvalue weighted by Gasteiger charge is 2.61. The van der Waals surface area contributed by atoms with Crippen LogP contribution < -0.4 is 15.4 Å². The van der Waals surface area contributed by atoms with Crippen LogP contribution in [0.2, 0.25) is 10.0 Å². The van der Waals surface area contributed by atoms with Gasteiger partial charge in [-0.3, -0.25) is 9.59 Å². The molecule has 2 saturated heterocycles. The molecule has 9 heteroatoms. The highest BCUT2D eigenvalue weighted by Crippen LogP contribution is 2.58. The summed E-state index contributed by atoms with van der Waals surface area (Å²) in [6.45, 7) is 3.80. The molecule has 3 aromatic rings. The number of hydrogen-bond donors (Lipinski definition) is 2. The number of amides is 2. The number of fused-ring (bicyclic) bond motifs is 2. The maximum Gasteiger partial charge on any atom is 0.238 e. The van der Waals surface area contributed by atoms with Crippen molar-refractivity contribution in [1.29, 1.82) is 0 Å². The SMILES string of the molecule is CC1(COc2ccc(Br)cc2C2NC(=O)CC(c3cccc(Cl)c3)C23C(=O)Nc2cc(Cl)ccc23)COC1. The summed E-state index contributed by atoms with van der Waals surface area (Å²) < 4.78 is 12.6. The number of nitrogens with one attached hydrogen (secondary N) is 2. The summed E-state index contributed by atoms with van der Waals surface area (Å²) in [5, 5.41) is 7.28. The van der Waals surface area contributed by atoms with Crippen LogP contribution in [0.4, 0.5) is 5.69 Å². The molecule has 3 aliphatic heterocycles. The molecule has 1 spiro atoms. The average Bonchev–Trinajstić information content (AvgIpc) is 3.14. The fourth-order valence-corrected chi connectivity index (χ4v) is 6.68. The number of rotatable bonds is 5. The molecule has 0 radical (unpaired) electrons. The smallest absolute Gasteiger partial charge is 0.238 e. The Morgan fingerprint density at radius 2 is 1.84 bits per heavy atom. The van der Waals surface area contributed by atoms with Crippen LogP contribution in [0.25, 0.3) is 0 Å². The van der Waals surface area contributed by atoms with E-state index in [2.05, 4.69) is 33.5 Å². The van der Waals surface area contributed by atoms with Gasteiger partial charge in [-0.05, 0) is 53.6 Å². The molecule has 196 valence electrons. The third-order valence-corrected chi connectivity index (χ3v) is 8.73. The molecule has 0 saturated carbocycles. The summed E-state index contributed by atoms with van der Waals surface area (Å²) in [6.07, 6.45) is 0.117. The topological polar surface area (TPSA) is 76.7 Å². The second kappa shape index (κ2) is 9.56. The second-order valence-electron chi connectivity index (χ2n) is 10.6. The van der Waals surface area contributed by atoms with E-state index in [0.717, 1.165) is 15.6 Å². The molecule has 2 amide bonds. The van der Waals surface area contributed by atoms with Crippen molar-refractivity contribution in [3.63, 3.8) is 0 Å². The van der Waals surface area contributed by atoms with E-state index in [-0.39, 0.29) is 23.7 Å². The van der Waals surface area contributed by atoms with Crippen LogP contribution in [-0.2, 0) is 19.7 Å². The van der Waals surface area contributed by atoms with Crippen molar-refractivity contribution in [2.24, 2.45) is 5.41 Å². The van der Waals surface area contributed by atoms with Crippen LogP contribution in [0.5, 0.6) is 5.75 Å². The van der Waals surface area contributed by atoms with Gasteiger partial charge in [0.2, 0.25) is 11.8 Å². The second-order valence-corrected chi connectivity index (χ2v) is 12.4. The van der Waals surface area contributed by atoms with Gasteiger partial charge in [-0.2, -0.15) is 0 Å². The van der Waals surface area contributed by atoms with Gasteiger partial charge in [0.15, 0.2) is 0 Å². The zero-order valence-corrected chi connectivity index (χ0v) is 23.6. The Hall–Kier alpha value is -2.58. The highest BCUT2D eigenvalue weighted by atomic mass is 79.9. The maximum atomic E-state index is 14.2. The van der Waals surface area contributed by atoms with Crippen molar-refractivity contribution in [3.05, 3.63) is 91.9 Å². The van der Waals surface area contributed by atoms with Gasteiger partial charge in [-0.1, -0.05) is 64.3 Å². The lowest BCUT2D eigenvalue weighted by atomic mass is 9.59. The average molecular weight is 616 g/mol. The number of anilines is 1. The summed E-state index contributed by atoms with van der Waals surface area (Å²) in [7, 11) is 0. The van der Waals surface area contributed by atoms with Gasteiger partial charge < -0.3 is 20.1 Å². The van der Waals surface area contributed by atoms with Gasteiger partial charge in [0.05, 0.1) is 25.9 Å². The number of piperidine rings is 1. The van der Waals surface area contributed by atoms with Gasteiger partial charge in [-0.25, -0.2) is 0 Å². The van der Waals surface area contributed by atoms with E-state index < -0.39 is 17.4 Å². The summed E-state index contributed by atoms with van der Waals surface area (Å²) in [5.41, 5.74) is 1.66. The van der Waals surface area contributed by atoms with E-state index in [1.54, 1.807) is 18.2 Å². The Kier molecular flexibility index (Phi) is 6.46. The van der Waals surface area contributed by atoms with Gasteiger partial charge in [0.25, 0.3) is 0 Å². The van der Waals surface area contributed by atoms with Crippen molar-refractivity contribution in [1.82, 2.24) is 5.32 Å². The lowest BCUT2D eigenvalue weighted by Crippen LogP contribution is -2.57. The maximum absolute atomic E-state index is 14.2. The van der Waals surface area contributed by atoms with E-state index >= 15 is 0 Å². The normalized spacial score (nSPS) is 25.4. The minimum atomic E-state index is -1.18. The third kappa shape index (κ3) is 4.20. The summed E-state index contributed by atoms with van der Waals surface area (Å²) in [4.78, 5) is 27.6. The Morgan fingerprint density at radius 3 is 2.58 bits per heavy atom. The number of benzene rings is 3. The molecule has 38 heavy (non-hydrogen) atoms. The molecule has 6 rings (SSSR count). The van der Waals surface area contributed by atoms with Crippen LogP contribution in [-0.4, -0.2) is 31.6 Å². The number of carbonyl (C=O) groups excluding carboxylic acids is 2. The Bertz CT molecular complexity index is 1460. The van der Waals surface area contributed by atoms with Gasteiger partial charge in [0.1, 0.15) is 11.2 Å². The van der Waals surface area contributed by atoms with E-state index in [0.29, 0.717) is 46.9 Å². The summed E-state index contributed by atoms with van der Waals surface area (Å²) in [5.74, 6) is -0.263. The van der Waals surface area contributed by atoms with Crippen molar-refractivity contribution in [3.8, 4) is 5.75 Å². The predicted octanol–water partition coefficient (Wildman–Crippen LogP) is 6.41. The molecule has 2 N–H and O–H groups in total. The van der Waals surface area contributed by atoms with Crippen molar-refractivity contribution < 1.29 is 19.1 Å². The number of carbonyl (C=O) groups is 2. The van der Waals surface area contributed by atoms with Crippen LogP contribution in [0.1, 0.15) is 42.0 Å². The quantitative estimate of drug-likeness (QED) is 0.348. The largest absolute Gasteiger partial charge is 0.492 e. The van der Waals surface area contributed by atoms with Gasteiger partial charge >= 0.3 is 0 Å². The van der Waals surface area contributed by atoms with Crippen molar-refractivity contribution in [2.45, 2.75) is 30.7 Å². The molecule has 3 atom stereocenters. The summed E-state index contributed by atoms with van der Waals surface area (Å²) >= 11 is 16.3. The van der Waals surface area contributed by atoms with Crippen molar-refractivity contribution in [2.75, 3.05) is 25.1 Å². The fourth-order valence-electron chi connectivity index (χ4n) is 5.93. The predicted molar refractivity (Wildman–Crippen MR) is 150 cm³/mol. The van der Waals surface area contributed by atoms with E-state index in [1.807, 2.05) is 42.5 Å². The lowest BCUT2D eigenvalue weighted by molar-refractivity contribution is -0.131. The van der Waals surface area contributed by atoms with Gasteiger partial charge in [-0.15, -0.1) is 0 Å². The number of ether oxygens (including phenoxy) is 2. The van der Waals surface area contributed by atoms with E-state index in [4.69, 9.17) is 32.7 Å². The molecular formula is C29H25BrCl2N2O4. The molecule has 3 aliphatic rings. The molecule has 0 aromatic heterocycles. The van der Waals surface area contributed by atoms with Crippen LogP contribution in [0.15, 0.2) is 65.1 Å². The van der Waals surface area contributed by atoms with Gasteiger partial charge in [0, 0.05) is 43.5 Å². The molecular weight excluding hydrogens is 591 g/mol. The van der Waals surface area contributed by atoms with E-state index in [1.165, 1.54) is 0 Å². The first kappa shape index (κ1) is 25.7. The molecule has 0 bridgehead atoms. The highest BCUT2D eigenvalue weighted by molar-refractivity contribution is 9.10. The minimum Gasteiger partial charge on any atom is -0.492 e. The first-order valence-corrected chi connectivity index (χ1v) is 13.9. The fraction of sp³-hybridized carbons (Fsp3) is 0.310. The molecule has 3 heterocycles. The van der Waals surface area contributed by atoms with Crippen molar-refractivity contribution >= 4 is 56.6 Å². The standard InChI is InChI=1S/C29H25BrCl2N2O4/c1-28(13-37-14-28)15-38-24-8-5-17(30)10-20(24)26-29(21-7-6-19(32)11-23(21)33-27(29)36)22(12-25(35)34-26)16-3-2-4-18(31)9-16/h2-11,22,26H,12-15H2,1H3,(H,33,36)(H,34,35). The van der Waals surface area contributed by atoms with E-state index in [9.17, 15) is 9.59 Å². The van der Waals surface area contributed by atoms with Crippen LogP contribution in [0.3, 0.4) is 0 Å². The number of halogens is 3. The zero-order chi connectivity index (χ0) is 26.7. The third-order valence-electron chi connectivity index (χ3n) is 7.76. The Labute approximate surface area is 239 Å². The molecule has 3 unspecified atom stereocenters. The summed E-state index contributed by atoms with van der Waals surface area (Å²) in [6, 6.07) is 17.8. The molecule has 2 fully saturated rings. The zero-order valence-electron chi connectivity index (χ0n) is 20.5. The number of hydrogen-bond acceptors (Lipinski definition) is 4. The first-order chi connectivity index (χ1) is 18.2.